The molecule has 3 aromatic rings. The van der Waals surface area contributed by atoms with Crippen LogP contribution in [0, 0.1) is 6.92 Å². The molecule has 2 aromatic carbocycles. The van der Waals surface area contributed by atoms with Crippen molar-refractivity contribution in [1.29, 1.82) is 0 Å². The predicted octanol–water partition coefficient (Wildman–Crippen LogP) is 3.01. The van der Waals surface area contributed by atoms with Crippen LogP contribution < -0.4 is 4.74 Å². The molecule has 6 nitrogen and oxygen atoms in total. The molecular formula is C19H21N3O3S. The van der Waals surface area contributed by atoms with E-state index in [0.29, 0.717) is 11.3 Å². The van der Waals surface area contributed by atoms with E-state index >= 15 is 0 Å². The zero-order valence-electron chi connectivity index (χ0n) is 15.0. The zero-order chi connectivity index (χ0) is 18.7. The Morgan fingerprint density at radius 3 is 2.54 bits per heavy atom. The summed E-state index contributed by atoms with van der Waals surface area (Å²) in [5.74, 6) is 0.633. The van der Waals surface area contributed by atoms with Crippen molar-refractivity contribution in [2.45, 2.75) is 18.4 Å². The van der Waals surface area contributed by atoms with Gasteiger partial charge >= 0.3 is 0 Å². The second kappa shape index (κ2) is 7.31. The Bertz CT molecular complexity index is 998. The van der Waals surface area contributed by atoms with Crippen molar-refractivity contribution in [3.63, 3.8) is 0 Å². The minimum Gasteiger partial charge on any atom is -0.497 e. The fourth-order valence-corrected chi connectivity index (χ4v) is 4.07. The minimum atomic E-state index is -3.61. The molecule has 1 aromatic heterocycles. The van der Waals surface area contributed by atoms with Crippen LogP contribution in [0.3, 0.4) is 0 Å². The number of sulfonamides is 1. The maximum atomic E-state index is 12.9. The first-order valence-electron chi connectivity index (χ1n) is 8.12. The maximum absolute atomic E-state index is 12.9. The number of benzene rings is 2. The SMILES string of the molecule is COc1ccc(S(=O)(=O)N(C)Cc2cnn(-c3ccccc3)c2)c(C)c1. The van der Waals surface area contributed by atoms with Crippen molar-refractivity contribution < 1.29 is 13.2 Å². The van der Waals surface area contributed by atoms with E-state index in [2.05, 4.69) is 5.10 Å². The van der Waals surface area contributed by atoms with E-state index in [1.54, 1.807) is 50.2 Å². The molecule has 0 fully saturated rings. The summed E-state index contributed by atoms with van der Waals surface area (Å²) in [6.07, 6.45) is 3.52. The molecule has 0 N–H and O–H groups in total. The van der Waals surface area contributed by atoms with Gasteiger partial charge in [-0.2, -0.15) is 9.40 Å². The molecule has 0 aliphatic heterocycles. The van der Waals surface area contributed by atoms with E-state index in [1.807, 2.05) is 36.5 Å². The van der Waals surface area contributed by atoms with Gasteiger partial charge in [-0.1, -0.05) is 18.2 Å². The number of methoxy groups -OCH3 is 1. The Kier molecular flexibility index (Phi) is 5.11. The Morgan fingerprint density at radius 1 is 1.15 bits per heavy atom. The van der Waals surface area contributed by atoms with Crippen LogP contribution >= 0.6 is 0 Å². The molecule has 0 aliphatic carbocycles. The smallest absolute Gasteiger partial charge is 0.243 e. The third-order valence-electron chi connectivity index (χ3n) is 4.13. The van der Waals surface area contributed by atoms with Crippen molar-refractivity contribution in [2.24, 2.45) is 0 Å². The molecule has 0 saturated heterocycles. The van der Waals surface area contributed by atoms with Gasteiger partial charge in [-0.05, 0) is 42.8 Å². The van der Waals surface area contributed by atoms with Crippen molar-refractivity contribution in [1.82, 2.24) is 14.1 Å². The highest BCUT2D eigenvalue weighted by atomic mass is 32.2. The molecule has 0 unspecified atom stereocenters. The number of hydrogen-bond donors (Lipinski definition) is 0. The lowest BCUT2D eigenvalue weighted by Gasteiger charge is -2.18. The molecule has 26 heavy (non-hydrogen) atoms. The number of aryl methyl sites for hydroxylation is 1. The molecular weight excluding hydrogens is 350 g/mol. The molecule has 0 bridgehead atoms. The Hall–Kier alpha value is -2.64. The average Bonchev–Trinajstić information content (AvgIpc) is 3.10. The summed E-state index contributed by atoms with van der Waals surface area (Å²) in [4.78, 5) is 0.274. The number of rotatable bonds is 6. The number of nitrogens with zero attached hydrogens (tertiary/aromatic N) is 3. The number of aromatic nitrogens is 2. The predicted molar refractivity (Wildman–Crippen MR) is 99.9 cm³/mol. The summed E-state index contributed by atoms with van der Waals surface area (Å²) in [5.41, 5.74) is 2.39. The van der Waals surface area contributed by atoms with Gasteiger partial charge in [0.2, 0.25) is 10.0 Å². The molecule has 7 heteroatoms. The van der Waals surface area contributed by atoms with Gasteiger partial charge in [0.1, 0.15) is 5.75 Å². The summed E-state index contributed by atoms with van der Waals surface area (Å²) in [6.45, 7) is 2.00. The molecule has 3 rings (SSSR count). The highest BCUT2D eigenvalue weighted by Crippen LogP contribution is 2.24. The Balaban J connectivity index is 1.81. The first-order valence-corrected chi connectivity index (χ1v) is 9.56. The van der Waals surface area contributed by atoms with Crippen molar-refractivity contribution in [2.75, 3.05) is 14.2 Å². The van der Waals surface area contributed by atoms with Gasteiger partial charge < -0.3 is 4.74 Å². The molecule has 1 heterocycles. The van der Waals surface area contributed by atoms with Gasteiger partial charge in [0.05, 0.1) is 23.9 Å². The first-order chi connectivity index (χ1) is 12.4. The standard InChI is InChI=1S/C19H21N3O3S/c1-15-11-18(25-3)9-10-19(15)26(23,24)21(2)13-16-12-20-22(14-16)17-7-5-4-6-8-17/h4-12,14H,13H2,1-3H3. The van der Waals surface area contributed by atoms with Gasteiger partial charge in [-0.25, -0.2) is 13.1 Å². The lowest BCUT2D eigenvalue weighted by molar-refractivity contribution is 0.413. The van der Waals surface area contributed by atoms with Crippen LogP contribution in [-0.2, 0) is 16.6 Å². The van der Waals surface area contributed by atoms with Crippen LogP contribution in [0.1, 0.15) is 11.1 Å². The van der Waals surface area contributed by atoms with E-state index in [4.69, 9.17) is 4.74 Å². The normalized spacial score (nSPS) is 11.7. The van der Waals surface area contributed by atoms with Gasteiger partial charge in [0.15, 0.2) is 0 Å². The molecule has 0 radical (unpaired) electrons. The minimum absolute atomic E-state index is 0.237. The Morgan fingerprint density at radius 2 is 1.88 bits per heavy atom. The quantitative estimate of drug-likeness (QED) is 0.668. The van der Waals surface area contributed by atoms with Crippen LogP contribution in [0.4, 0.5) is 0 Å². The van der Waals surface area contributed by atoms with Crippen LogP contribution in [0.25, 0.3) is 5.69 Å². The zero-order valence-corrected chi connectivity index (χ0v) is 15.8. The molecule has 0 atom stereocenters. The van der Waals surface area contributed by atoms with E-state index < -0.39 is 10.0 Å². The third kappa shape index (κ3) is 3.63. The number of hydrogen-bond acceptors (Lipinski definition) is 4. The van der Waals surface area contributed by atoms with Gasteiger partial charge in [0, 0.05) is 25.4 Å². The highest BCUT2D eigenvalue weighted by molar-refractivity contribution is 7.89. The average molecular weight is 371 g/mol. The van der Waals surface area contributed by atoms with E-state index in [-0.39, 0.29) is 11.4 Å². The first kappa shape index (κ1) is 18.2. The van der Waals surface area contributed by atoms with Gasteiger partial charge in [-0.3, -0.25) is 0 Å². The van der Waals surface area contributed by atoms with Crippen LogP contribution in [-0.4, -0.2) is 36.7 Å². The molecule has 136 valence electrons. The topological polar surface area (TPSA) is 64.4 Å². The van der Waals surface area contributed by atoms with E-state index in [1.165, 1.54) is 4.31 Å². The number of para-hydroxylation sites is 1. The van der Waals surface area contributed by atoms with Crippen LogP contribution in [0.5, 0.6) is 5.75 Å². The van der Waals surface area contributed by atoms with Gasteiger partial charge in [0.25, 0.3) is 0 Å². The molecule has 0 aliphatic rings. The van der Waals surface area contributed by atoms with Crippen LogP contribution in [0.15, 0.2) is 65.8 Å². The van der Waals surface area contributed by atoms with Crippen LogP contribution in [0.2, 0.25) is 0 Å². The second-order valence-electron chi connectivity index (χ2n) is 6.02. The molecule has 0 amide bonds. The third-order valence-corrected chi connectivity index (χ3v) is 6.10. The maximum Gasteiger partial charge on any atom is 0.243 e. The largest absolute Gasteiger partial charge is 0.497 e. The number of ether oxygens (including phenoxy) is 1. The van der Waals surface area contributed by atoms with Crippen molar-refractivity contribution in [3.8, 4) is 11.4 Å². The Labute approximate surface area is 153 Å². The van der Waals surface area contributed by atoms with Gasteiger partial charge in [-0.15, -0.1) is 0 Å². The van der Waals surface area contributed by atoms with Crippen molar-refractivity contribution in [3.05, 3.63) is 72.1 Å². The summed E-state index contributed by atoms with van der Waals surface area (Å²) in [5, 5.41) is 4.31. The molecule has 0 spiro atoms. The fourth-order valence-electron chi connectivity index (χ4n) is 2.71. The molecule has 0 saturated carbocycles. The summed E-state index contributed by atoms with van der Waals surface area (Å²) >= 11 is 0. The summed E-state index contributed by atoms with van der Waals surface area (Å²) in [7, 11) is -0.484. The fraction of sp³-hybridized carbons (Fsp3) is 0.211. The summed E-state index contributed by atoms with van der Waals surface area (Å²) < 4.78 is 34.0. The summed E-state index contributed by atoms with van der Waals surface area (Å²) in [6, 6.07) is 14.6. The van der Waals surface area contributed by atoms with E-state index in [0.717, 1.165) is 11.3 Å². The lowest BCUT2D eigenvalue weighted by atomic mass is 10.2. The van der Waals surface area contributed by atoms with Crippen molar-refractivity contribution >= 4 is 10.0 Å². The second-order valence-corrected chi connectivity index (χ2v) is 8.03. The van der Waals surface area contributed by atoms with E-state index in [9.17, 15) is 8.42 Å². The monoisotopic (exact) mass is 371 g/mol. The highest BCUT2D eigenvalue weighted by Gasteiger charge is 2.23. The lowest BCUT2D eigenvalue weighted by Crippen LogP contribution is -2.27.